The molecule has 0 bridgehead atoms. The summed E-state index contributed by atoms with van der Waals surface area (Å²) < 4.78 is 1.83. The van der Waals surface area contributed by atoms with E-state index in [0.29, 0.717) is 18.7 Å². The minimum atomic E-state index is -0.393. The number of rotatable bonds is 7. The molecular weight excluding hydrogens is 386 g/mol. The molecule has 0 aromatic carbocycles. The van der Waals surface area contributed by atoms with E-state index in [4.69, 9.17) is 17.3 Å². The Labute approximate surface area is 176 Å². The van der Waals surface area contributed by atoms with Crippen molar-refractivity contribution < 1.29 is 5.11 Å². The molecule has 8 heteroatoms. The van der Waals surface area contributed by atoms with Gasteiger partial charge < -0.3 is 5.11 Å². The molecular formula is C21H29N5O2S. The molecule has 1 aliphatic heterocycles. The SMILES string of the molecule is CCCCn1c(O)c(C(CC)=NN2CCCC[C@H]2c2cccnc2)c(=O)[nH]c1=S. The predicted octanol–water partition coefficient (Wildman–Crippen LogP) is 4.15. The van der Waals surface area contributed by atoms with Crippen LogP contribution < -0.4 is 5.56 Å². The topological polar surface area (TPSA) is 86.5 Å². The second-order valence-electron chi connectivity index (χ2n) is 7.32. The lowest BCUT2D eigenvalue weighted by Gasteiger charge is -2.34. The number of hydrazone groups is 1. The number of aromatic nitrogens is 3. The number of piperidine rings is 1. The summed E-state index contributed by atoms with van der Waals surface area (Å²) in [5.74, 6) is -0.0947. The number of hydrogen-bond acceptors (Lipinski definition) is 6. The standard InChI is InChI=1S/C21H29N5O2S/c1-3-5-12-25-20(28)18(19(27)23-21(25)29)16(4-2)24-26-13-7-6-10-17(26)15-9-8-11-22-14-15/h8-9,11,14,17,28H,3-7,10,12-13H2,1-2H3,(H,23,27,29)/t17-/m0/s1. The lowest BCUT2D eigenvalue weighted by atomic mass is 9.98. The Morgan fingerprint density at radius 2 is 2.24 bits per heavy atom. The van der Waals surface area contributed by atoms with Crippen molar-refractivity contribution in [2.24, 2.45) is 5.10 Å². The molecule has 0 radical (unpaired) electrons. The molecule has 3 heterocycles. The van der Waals surface area contributed by atoms with E-state index in [1.807, 2.05) is 24.2 Å². The Kier molecular flexibility index (Phi) is 7.19. The molecule has 1 fully saturated rings. The second kappa shape index (κ2) is 9.82. The molecule has 1 saturated heterocycles. The molecule has 7 nitrogen and oxygen atoms in total. The minimum Gasteiger partial charge on any atom is -0.494 e. The maximum absolute atomic E-state index is 12.7. The van der Waals surface area contributed by atoms with Gasteiger partial charge in [-0.15, -0.1) is 0 Å². The molecule has 0 saturated carbocycles. The van der Waals surface area contributed by atoms with Crippen LogP contribution in [0.15, 0.2) is 34.4 Å². The number of hydrogen-bond donors (Lipinski definition) is 2. The molecule has 29 heavy (non-hydrogen) atoms. The van der Waals surface area contributed by atoms with Crippen molar-refractivity contribution in [1.29, 1.82) is 0 Å². The molecule has 2 N–H and O–H groups in total. The van der Waals surface area contributed by atoms with Gasteiger partial charge in [-0.3, -0.25) is 24.3 Å². The van der Waals surface area contributed by atoms with Gasteiger partial charge in [0.05, 0.1) is 11.8 Å². The zero-order valence-corrected chi connectivity index (χ0v) is 17.9. The Bertz CT molecular complexity index is 967. The first kappa shape index (κ1) is 21.2. The number of aromatic amines is 1. The molecule has 2 aromatic rings. The minimum absolute atomic E-state index is 0.0947. The molecule has 2 aromatic heterocycles. The van der Waals surface area contributed by atoms with Crippen molar-refractivity contribution in [2.75, 3.05) is 6.54 Å². The Balaban J connectivity index is 2.03. The Hall–Kier alpha value is -2.48. The summed E-state index contributed by atoms with van der Waals surface area (Å²) in [7, 11) is 0. The van der Waals surface area contributed by atoms with Crippen LogP contribution in [0.2, 0.25) is 0 Å². The van der Waals surface area contributed by atoms with Gasteiger partial charge in [-0.25, -0.2) is 0 Å². The van der Waals surface area contributed by atoms with Crippen LogP contribution in [0.5, 0.6) is 5.88 Å². The van der Waals surface area contributed by atoms with Crippen molar-refractivity contribution in [2.45, 2.75) is 65.0 Å². The van der Waals surface area contributed by atoms with E-state index in [9.17, 15) is 9.90 Å². The summed E-state index contributed by atoms with van der Waals surface area (Å²) in [6.07, 6.45) is 9.14. The van der Waals surface area contributed by atoms with Crippen LogP contribution in [0.4, 0.5) is 0 Å². The second-order valence-corrected chi connectivity index (χ2v) is 7.71. The van der Waals surface area contributed by atoms with Crippen LogP contribution in [0, 0.1) is 4.77 Å². The lowest BCUT2D eigenvalue weighted by Crippen LogP contribution is -2.32. The van der Waals surface area contributed by atoms with Crippen LogP contribution in [0.3, 0.4) is 0 Å². The first-order valence-electron chi connectivity index (χ1n) is 10.4. The van der Waals surface area contributed by atoms with E-state index in [-0.39, 0.29) is 22.3 Å². The van der Waals surface area contributed by atoms with Crippen LogP contribution in [-0.4, -0.2) is 36.9 Å². The first-order valence-corrected chi connectivity index (χ1v) is 10.8. The molecule has 3 rings (SSSR count). The van der Waals surface area contributed by atoms with E-state index in [0.717, 1.165) is 44.2 Å². The molecule has 0 unspecified atom stereocenters. The number of unbranched alkanes of at least 4 members (excludes halogenated alkanes) is 1. The Morgan fingerprint density at radius 1 is 1.41 bits per heavy atom. The van der Waals surface area contributed by atoms with Gasteiger partial charge in [0, 0.05) is 25.5 Å². The summed E-state index contributed by atoms with van der Waals surface area (Å²) in [5.41, 5.74) is 1.51. The van der Waals surface area contributed by atoms with Gasteiger partial charge in [-0.1, -0.05) is 26.3 Å². The van der Waals surface area contributed by atoms with Crippen molar-refractivity contribution >= 4 is 17.9 Å². The van der Waals surface area contributed by atoms with Crippen LogP contribution in [0.1, 0.15) is 69.5 Å². The average molecular weight is 416 g/mol. The van der Waals surface area contributed by atoms with Crippen molar-refractivity contribution in [1.82, 2.24) is 19.5 Å². The molecule has 156 valence electrons. The molecule has 0 amide bonds. The number of H-pyrrole nitrogens is 1. The fourth-order valence-corrected chi connectivity index (χ4v) is 4.01. The van der Waals surface area contributed by atoms with E-state index >= 15 is 0 Å². The molecule has 1 atom stereocenters. The van der Waals surface area contributed by atoms with Crippen LogP contribution in [-0.2, 0) is 6.54 Å². The van der Waals surface area contributed by atoms with E-state index < -0.39 is 5.56 Å². The van der Waals surface area contributed by atoms with Crippen LogP contribution in [0.25, 0.3) is 0 Å². The highest BCUT2D eigenvalue weighted by molar-refractivity contribution is 7.71. The van der Waals surface area contributed by atoms with Crippen LogP contribution >= 0.6 is 12.2 Å². The first-order chi connectivity index (χ1) is 14.1. The van der Waals surface area contributed by atoms with Crippen molar-refractivity contribution in [3.63, 3.8) is 0 Å². The third-order valence-corrected chi connectivity index (χ3v) is 5.65. The highest BCUT2D eigenvalue weighted by atomic mass is 32.1. The van der Waals surface area contributed by atoms with Crippen molar-refractivity contribution in [3.05, 3.63) is 50.8 Å². The smallest absolute Gasteiger partial charge is 0.264 e. The molecule has 0 aliphatic carbocycles. The quantitative estimate of drug-likeness (QED) is 0.524. The summed E-state index contributed by atoms with van der Waals surface area (Å²) in [4.78, 5) is 19.6. The fourth-order valence-electron chi connectivity index (χ4n) is 3.74. The normalized spacial score (nSPS) is 17.5. The largest absolute Gasteiger partial charge is 0.494 e. The zero-order valence-electron chi connectivity index (χ0n) is 17.1. The Morgan fingerprint density at radius 3 is 2.93 bits per heavy atom. The highest BCUT2D eigenvalue weighted by Gasteiger charge is 2.25. The monoisotopic (exact) mass is 415 g/mol. The molecule has 0 spiro atoms. The fraction of sp³-hybridized carbons (Fsp3) is 0.524. The van der Waals surface area contributed by atoms with Gasteiger partial charge in [0.2, 0.25) is 5.88 Å². The van der Waals surface area contributed by atoms with Gasteiger partial charge in [-0.2, -0.15) is 5.10 Å². The number of pyridine rings is 1. The summed E-state index contributed by atoms with van der Waals surface area (Å²) in [6, 6.07) is 4.11. The van der Waals surface area contributed by atoms with Gasteiger partial charge in [0.1, 0.15) is 5.56 Å². The van der Waals surface area contributed by atoms with E-state index in [1.165, 1.54) is 0 Å². The highest BCUT2D eigenvalue weighted by Crippen LogP contribution is 2.31. The maximum atomic E-state index is 12.7. The third-order valence-electron chi connectivity index (χ3n) is 5.32. The van der Waals surface area contributed by atoms with E-state index in [1.54, 1.807) is 10.8 Å². The summed E-state index contributed by atoms with van der Waals surface area (Å²) >= 11 is 5.26. The van der Waals surface area contributed by atoms with Gasteiger partial charge in [0.15, 0.2) is 4.77 Å². The maximum Gasteiger partial charge on any atom is 0.264 e. The van der Waals surface area contributed by atoms with Crippen molar-refractivity contribution in [3.8, 4) is 5.88 Å². The molecule has 1 aliphatic rings. The number of aromatic hydroxyl groups is 1. The summed E-state index contributed by atoms with van der Waals surface area (Å²) in [6.45, 7) is 5.38. The number of nitrogens with zero attached hydrogens (tertiary/aromatic N) is 4. The van der Waals surface area contributed by atoms with Gasteiger partial charge in [0.25, 0.3) is 5.56 Å². The van der Waals surface area contributed by atoms with Gasteiger partial charge in [-0.05, 0) is 56.0 Å². The van der Waals surface area contributed by atoms with E-state index in [2.05, 4.69) is 23.0 Å². The van der Waals surface area contributed by atoms with Gasteiger partial charge >= 0.3 is 0 Å². The zero-order chi connectivity index (χ0) is 20.8. The average Bonchev–Trinajstić information content (AvgIpc) is 2.73. The summed E-state index contributed by atoms with van der Waals surface area (Å²) in [5, 5.41) is 17.7. The lowest BCUT2D eigenvalue weighted by molar-refractivity contribution is 0.154. The predicted molar refractivity (Wildman–Crippen MR) is 117 cm³/mol. The number of nitrogens with one attached hydrogen (secondary N) is 1. The third kappa shape index (κ3) is 4.75.